The summed E-state index contributed by atoms with van der Waals surface area (Å²) >= 11 is 6.11. The largest absolute Gasteiger partial charge is 0.345 e. The van der Waals surface area contributed by atoms with E-state index in [4.69, 9.17) is 11.6 Å². The molecule has 4 aromatic heterocycles. The Morgan fingerprint density at radius 1 is 1.12 bits per heavy atom. The van der Waals surface area contributed by atoms with Crippen molar-refractivity contribution in [1.82, 2.24) is 29.7 Å². The Morgan fingerprint density at radius 3 is 2.68 bits per heavy atom. The van der Waals surface area contributed by atoms with Crippen LogP contribution in [0.25, 0.3) is 33.8 Å². The van der Waals surface area contributed by atoms with E-state index in [2.05, 4.69) is 25.0 Å². The zero-order valence-electron chi connectivity index (χ0n) is 13.5. The molecule has 0 atom stereocenters. The third-order valence-electron chi connectivity index (χ3n) is 3.74. The number of nitrogens with one attached hydrogen (secondary N) is 1. The number of nitrogens with zero attached hydrogens (tertiary/aromatic N) is 5. The van der Waals surface area contributed by atoms with Crippen LogP contribution in [0.5, 0.6) is 0 Å². The second-order valence-corrected chi connectivity index (χ2v) is 6.04. The van der Waals surface area contributed by atoms with Gasteiger partial charge in [0.05, 0.1) is 5.69 Å². The molecule has 0 aromatic carbocycles. The van der Waals surface area contributed by atoms with Crippen molar-refractivity contribution in [2.24, 2.45) is 7.05 Å². The fraction of sp³-hybridized carbons (Fsp3) is 0.118. The lowest BCUT2D eigenvalue weighted by molar-refractivity contribution is 0.770. The lowest BCUT2D eigenvalue weighted by Crippen LogP contribution is -2.07. The number of aryl methyl sites for hydroxylation is 2. The standard InChI is InChI=1S/C17H13ClN6O/c1-9-7-10(8-13(18)20-9)14-15(11-4-6-24(2)23-11)22-17-16(21-14)12(25)3-5-19-17/h3-8H,1-2H3,(H,19,22,25). The summed E-state index contributed by atoms with van der Waals surface area (Å²) in [6.07, 6.45) is 3.37. The van der Waals surface area contributed by atoms with Crippen molar-refractivity contribution in [2.45, 2.75) is 6.92 Å². The highest BCUT2D eigenvalue weighted by atomic mass is 35.5. The molecule has 0 aliphatic rings. The molecule has 7 nitrogen and oxygen atoms in total. The Balaban J connectivity index is 2.09. The summed E-state index contributed by atoms with van der Waals surface area (Å²) in [5, 5.41) is 4.77. The van der Waals surface area contributed by atoms with Gasteiger partial charge in [-0.25, -0.2) is 15.0 Å². The van der Waals surface area contributed by atoms with Crippen molar-refractivity contribution < 1.29 is 0 Å². The molecule has 0 saturated heterocycles. The van der Waals surface area contributed by atoms with Gasteiger partial charge in [0.25, 0.3) is 0 Å². The zero-order chi connectivity index (χ0) is 17.6. The number of aromatic nitrogens is 6. The first kappa shape index (κ1) is 15.5. The van der Waals surface area contributed by atoms with E-state index in [1.54, 1.807) is 16.9 Å². The number of hydrogen-bond donors (Lipinski definition) is 1. The summed E-state index contributed by atoms with van der Waals surface area (Å²) in [7, 11) is 1.83. The molecule has 0 bridgehead atoms. The average molecular weight is 353 g/mol. The minimum atomic E-state index is -0.202. The van der Waals surface area contributed by atoms with Gasteiger partial charge < -0.3 is 4.98 Å². The van der Waals surface area contributed by atoms with E-state index >= 15 is 0 Å². The minimum Gasteiger partial charge on any atom is -0.345 e. The Morgan fingerprint density at radius 2 is 1.96 bits per heavy atom. The van der Waals surface area contributed by atoms with Crippen LogP contribution in [0.4, 0.5) is 0 Å². The smallest absolute Gasteiger partial charge is 0.209 e. The molecule has 1 N–H and O–H groups in total. The van der Waals surface area contributed by atoms with Crippen molar-refractivity contribution in [1.29, 1.82) is 0 Å². The van der Waals surface area contributed by atoms with Crippen molar-refractivity contribution in [2.75, 3.05) is 0 Å². The predicted molar refractivity (Wildman–Crippen MR) is 95.3 cm³/mol. The lowest BCUT2D eigenvalue weighted by Gasteiger charge is -2.09. The Bertz CT molecular complexity index is 1140. The fourth-order valence-electron chi connectivity index (χ4n) is 2.67. The SMILES string of the molecule is Cc1cc(-c2nc3c(=O)cc[nH]c3nc2-c2ccn(C)n2)cc(Cl)n1. The fourth-order valence-corrected chi connectivity index (χ4v) is 2.92. The van der Waals surface area contributed by atoms with Crippen LogP contribution in [0.15, 0.2) is 41.5 Å². The monoisotopic (exact) mass is 352 g/mol. The van der Waals surface area contributed by atoms with Crippen molar-refractivity contribution in [3.05, 3.63) is 57.7 Å². The summed E-state index contributed by atoms with van der Waals surface area (Å²) in [5.41, 5.74) is 3.71. The average Bonchev–Trinajstić information content (AvgIpc) is 2.99. The van der Waals surface area contributed by atoms with Gasteiger partial charge in [-0.15, -0.1) is 0 Å². The second kappa shape index (κ2) is 5.78. The highest BCUT2D eigenvalue weighted by Crippen LogP contribution is 2.30. The first-order valence-electron chi connectivity index (χ1n) is 7.55. The molecular weight excluding hydrogens is 340 g/mol. The van der Waals surface area contributed by atoms with Gasteiger partial charge in [-0.1, -0.05) is 11.6 Å². The third-order valence-corrected chi connectivity index (χ3v) is 3.93. The molecule has 25 heavy (non-hydrogen) atoms. The maximum absolute atomic E-state index is 12.2. The van der Waals surface area contributed by atoms with Gasteiger partial charge in [-0.05, 0) is 25.1 Å². The molecule has 0 aliphatic heterocycles. The van der Waals surface area contributed by atoms with Crippen LogP contribution in [0.1, 0.15) is 5.69 Å². The van der Waals surface area contributed by atoms with Gasteiger partial charge in [0, 0.05) is 36.8 Å². The molecule has 0 unspecified atom stereocenters. The molecule has 0 radical (unpaired) electrons. The molecule has 4 heterocycles. The van der Waals surface area contributed by atoms with Crippen molar-refractivity contribution >= 4 is 22.8 Å². The molecular formula is C17H13ClN6O. The summed E-state index contributed by atoms with van der Waals surface area (Å²) in [5.74, 6) is 0. The third kappa shape index (κ3) is 2.78. The molecule has 0 spiro atoms. The van der Waals surface area contributed by atoms with Crippen LogP contribution in [-0.4, -0.2) is 29.7 Å². The van der Waals surface area contributed by atoms with E-state index in [1.807, 2.05) is 32.3 Å². The van der Waals surface area contributed by atoms with Gasteiger partial charge in [0.1, 0.15) is 16.5 Å². The Labute approximate surface area is 147 Å². The van der Waals surface area contributed by atoms with Gasteiger partial charge in [-0.2, -0.15) is 5.10 Å². The number of pyridine rings is 2. The highest BCUT2D eigenvalue weighted by Gasteiger charge is 2.17. The summed E-state index contributed by atoms with van der Waals surface area (Å²) in [6, 6.07) is 6.82. The first-order valence-corrected chi connectivity index (χ1v) is 7.93. The molecule has 4 rings (SSSR count). The Hall–Kier alpha value is -3.06. The molecule has 0 fully saturated rings. The van der Waals surface area contributed by atoms with Crippen LogP contribution >= 0.6 is 11.6 Å². The van der Waals surface area contributed by atoms with Crippen LogP contribution in [-0.2, 0) is 7.05 Å². The van der Waals surface area contributed by atoms with Gasteiger partial charge >= 0.3 is 0 Å². The molecule has 0 amide bonds. The quantitative estimate of drug-likeness (QED) is 0.560. The number of aromatic amines is 1. The van der Waals surface area contributed by atoms with E-state index in [0.717, 1.165) is 11.3 Å². The number of fused-ring (bicyclic) bond motifs is 1. The van der Waals surface area contributed by atoms with E-state index in [1.165, 1.54) is 6.07 Å². The van der Waals surface area contributed by atoms with Crippen molar-refractivity contribution in [3.8, 4) is 22.6 Å². The molecule has 0 saturated carbocycles. The molecule has 8 heteroatoms. The van der Waals surface area contributed by atoms with Crippen LogP contribution in [0.2, 0.25) is 5.15 Å². The summed E-state index contributed by atoms with van der Waals surface area (Å²) in [4.78, 5) is 28.5. The number of H-pyrrole nitrogens is 1. The van der Waals surface area contributed by atoms with E-state index < -0.39 is 0 Å². The van der Waals surface area contributed by atoms with Gasteiger partial charge in [-0.3, -0.25) is 9.48 Å². The maximum Gasteiger partial charge on any atom is 0.209 e. The predicted octanol–water partition coefficient (Wildman–Crippen LogP) is 2.74. The van der Waals surface area contributed by atoms with Crippen LogP contribution < -0.4 is 5.43 Å². The van der Waals surface area contributed by atoms with E-state index in [-0.39, 0.29) is 10.9 Å². The lowest BCUT2D eigenvalue weighted by atomic mass is 10.1. The zero-order valence-corrected chi connectivity index (χ0v) is 14.2. The van der Waals surface area contributed by atoms with Crippen LogP contribution in [0.3, 0.4) is 0 Å². The van der Waals surface area contributed by atoms with Gasteiger partial charge in [0.15, 0.2) is 11.2 Å². The minimum absolute atomic E-state index is 0.202. The maximum atomic E-state index is 12.2. The first-order chi connectivity index (χ1) is 12.0. The van der Waals surface area contributed by atoms with E-state index in [0.29, 0.717) is 27.9 Å². The number of hydrogen-bond acceptors (Lipinski definition) is 5. The highest BCUT2D eigenvalue weighted by molar-refractivity contribution is 6.29. The topological polar surface area (TPSA) is 89.4 Å². The number of halogens is 1. The van der Waals surface area contributed by atoms with Crippen molar-refractivity contribution in [3.63, 3.8) is 0 Å². The van der Waals surface area contributed by atoms with Crippen LogP contribution in [0, 0.1) is 6.92 Å². The summed E-state index contributed by atoms with van der Waals surface area (Å²) in [6.45, 7) is 1.84. The normalized spacial score (nSPS) is 11.2. The summed E-state index contributed by atoms with van der Waals surface area (Å²) < 4.78 is 1.68. The van der Waals surface area contributed by atoms with E-state index in [9.17, 15) is 4.79 Å². The molecule has 4 aromatic rings. The molecule has 124 valence electrons. The second-order valence-electron chi connectivity index (χ2n) is 5.65. The molecule has 0 aliphatic carbocycles. The van der Waals surface area contributed by atoms with Gasteiger partial charge in [0.2, 0.25) is 5.43 Å². The number of rotatable bonds is 2. The Kier molecular flexibility index (Phi) is 3.58.